The molecule has 0 unspecified atom stereocenters. The summed E-state index contributed by atoms with van der Waals surface area (Å²) in [6, 6.07) is 0. The van der Waals surface area contributed by atoms with Crippen molar-refractivity contribution in [2.45, 2.75) is 39.0 Å². The monoisotopic (exact) mass is 166 g/mol. The van der Waals surface area contributed by atoms with Crippen LogP contribution in [0.3, 0.4) is 0 Å². The molecular weight excluding hydrogens is 152 g/mol. The molecule has 0 spiro atoms. The average molecular weight is 166 g/mol. The van der Waals surface area contributed by atoms with Crippen molar-refractivity contribution < 1.29 is 4.42 Å². The van der Waals surface area contributed by atoms with Gasteiger partial charge in [0.2, 0.25) is 11.8 Å². The van der Waals surface area contributed by atoms with Gasteiger partial charge in [0.05, 0.1) is 0 Å². The van der Waals surface area contributed by atoms with Gasteiger partial charge in [0.15, 0.2) is 0 Å². The van der Waals surface area contributed by atoms with Crippen molar-refractivity contribution in [1.29, 1.82) is 0 Å². The van der Waals surface area contributed by atoms with E-state index in [0.717, 1.165) is 18.2 Å². The molecule has 1 heterocycles. The zero-order chi connectivity index (χ0) is 8.39. The van der Waals surface area contributed by atoms with Crippen molar-refractivity contribution in [3.8, 4) is 0 Å². The normalized spacial score (nSPS) is 17.8. The van der Waals surface area contributed by atoms with Crippen molar-refractivity contribution >= 4 is 0 Å². The highest BCUT2D eigenvalue weighted by molar-refractivity contribution is 4.81. The Bertz CT molecular complexity index is 253. The van der Waals surface area contributed by atoms with Gasteiger partial charge in [-0.2, -0.15) is 0 Å². The summed E-state index contributed by atoms with van der Waals surface area (Å²) < 4.78 is 5.28. The van der Waals surface area contributed by atoms with Crippen molar-refractivity contribution in [3.05, 3.63) is 11.8 Å². The van der Waals surface area contributed by atoms with Gasteiger partial charge in [0, 0.05) is 13.3 Å². The van der Waals surface area contributed by atoms with Crippen molar-refractivity contribution in [3.63, 3.8) is 0 Å². The van der Waals surface area contributed by atoms with Crippen LogP contribution in [-0.4, -0.2) is 10.2 Å². The zero-order valence-electron chi connectivity index (χ0n) is 7.42. The summed E-state index contributed by atoms with van der Waals surface area (Å²) in [6.45, 7) is 1.83. The molecule has 1 aliphatic carbocycles. The summed E-state index contributed by atoms with van der Waals surface area (Å²) in [5.41, 5.74) is 0. The minimum atomic E-state index is 0.679. The van der Waals surface area contributed by atoms with E-state index < -0.39 is 0 Å². The Balaban J connectivity index is 1.79. The van der Waals surface area contributed by atoms with Crippen LogP contribution in [0.25, 0.3) is 0 Å². The molecule has 0 bridgehead atoms. The van der Waals surface area contributed by atoms with E-state index in [4.69, 9.17) is 4.42 Å². The predicted octanol–water partition coefficient (Wildman–Crippen LogP) is 2.11. The zero-order valence-corrected chi connectivity index (χ0v) is 7.42. The van der Waals surface area contributed by atoms with Gasteiger partial charge >= 0.3 is 0 Å². The summed E-state index contributed by atoms with van der Waals surface area (Å²) in [4.78, 5) is 0. The molecule has 12 heavy (non-hydrogen) atoms. The lowest BCUT2D eigenvalue weighted by atomic mass is 9.82. The maximum atomic E-state index is 5.28. The van der Waals surface area contributed by atoms with E-state index in [1.54, 1.807) is 0 Å². The van der Waals surface area contributed by atoms with Crippen molar-refractivity contribution in [2.75, 3.05) is 0 Å². The Hall–Kier alpha value is -0.860. The number of aryl methyl sites for hydroxylation is 2. The predicted molar refractivity (Wildman–Crippen MR) is 44.7 cm³/mol. The summed E-state index contributed by atoms with van der Waals surface area (Å²) in [5.74, 6) is 2.41. The van der Waals surface area contributed by atoms with Crippen LogP contribution in [0.5, 0.6) is 0 Å². The molecule has 0 aliphatic heterocycles. The quantitative estimate of drug-likeness (QED) is 0.690. The molecule has 1 aromatic rings. The lowest BCUT2D eigenvalue weighted by molar-refractivity contribution is 0.287. The maximum absolute atomic E-state index is 5.28. The third-order valence-electron chi connectivity index (χ3n) is 2.56. The number of aromatic nitrogens is 2. The third-order valence-corrected chi connectivity index (χ3v) is 2.56. The molecule has 0 amide bonds. The van der Waals surface area contributed by atoms with Gasteiger partial charge in [-0.1, -0.05) is 19.3 Å². The highest BCUT2D eigenvalue weighted by Gasteiger charge is 2.17. The van der Waals surface area contributed by atoms with Crippen LogP contribution in [-0.2, 0) is 6.42 Å². The van der Waals surface area contributed by atoms with Crippen LogP contribution < -0.4 is 0 Å². The maximum Gasteiger partial charge on any atom is 0.216 e. The van der Waals surface area contributed by atoms with Crippen LogP contribution in [0, 0.1) is 12.8 Å². The molecule has 0 radical (unpaired) electrons. The Morgan fingerprint density at radius 3 is 2.75 bits per heavy atom. The summed E-state index contributed by atoms with van der Waals surface area (Å²) in [6.07, 6.45) is 6.39. The largest absolute Gasteiger partial charge is 0.426 e. The third kappa shape index (κ3) is 1.65. The fraction of sp³-hybridized carbons (Fsp3) is 0.778. The van der Waals surface area contributed by atoms with Crippen molar-refractivity contribution in [2.24, 2.45) is 5.92 Å². The molecule has 3 nitrogen and oxygen atoms in total. The first-order chi connectivity index (χ1) is 5.84. The molecule has 0 saturated heterocycles. The van der Waals surface area contributed by atoms with Gasteiger partial charge in [-0.3, -0.25) is 0 Å². The van der Waals surface area contributed by atoms with E-state index in [1.165, 1.54) is 25.7 Å². The topological polar surface area (TPSA) is 38.9 Å². The van der Waals surface area contributed by atoms with Crippen LogP contribution in [0.15, 0.2) is 4.42 Å². The number of hydrogen-bond donors (Lipinski definition) is 0. The summed E-state index contributed by atoms with van der Waals surface area (Å²) in [7, 11) is 0. The SMILES string of the molecule is Cc1nnc(CCC2CCC2)o1. The smallest absolute Gasteiger partial charge is 0.216 e. The van der Waals surface area contributed by atoms with E-state index in [2.05, 4.69) is 10.2 Å². The molecule has 2 rings (SSSR count). The summed E-state index contributed by atoms with van der Waals surface area (Å²) in [5, 5.41) is 7.75. The van der Waals surface area contributed by atoms with E-state index in [0.29, 0.717) is 5.89 Å². The molecule has 1 saturated carbocycles. The average Bonchev–Trinajstić information content (AvgIpc) is 2.32. The van der Waals surface area contributed by atoms with E-state index >= 15 is 0 Å². The molecule has 66 valence electrons. The highest BCUT2D eigenvalue weighted by Crippen LogP contribution is 2.30. The van der Waals surface area contributed by atoms with Gasteiger partial charge in [0.25, 0.3) is 0 Å². The van der Waals surface area contributed by atoms with Crippen LogP contribution in [0.4, 0.5) is 0 Å². The first-order valence-electron chi connectivity index (χ1n) is 4.63. The Morgan fingerprint density at radius 1 is 1.42 bits per heavy atom. The second-order valence-electron chi connectivity index (χ2n) is 3.55. The number of rotatable bonds is 3. The fourth-order valence-corrected chi connectivity index (χ4v) is 1.55. The number of nitrogens with zero attached hydrogens (tertiary/aromatic N) is 2. The molecule has 0 aromatic carbocycles. The van der Waals surface area contributed by atoms with E-state index in [9.17, 15) is 0 Å². The van der Waals surface area contributed by atoms with Crippen LogP contribution in [0.1, 0.15) is 37.5 Å². The Morgan fingerprint density at radius 2 is 2.25 bits per heavy atom. The highest BCUT2D eigenvalue weighted by atomic mass is 16.4. The molecule has 0 atom stereocenters. The standard InChI is InChI=1S/C9H14N2O/c1-7-10-11-9(12-7)6-5-8-3-2-4-8/h8H,2-6H2,1H3. The lowest BCUT2D eigenvalue weighted by Gasteiger charge is -2.24. The Labute approximate surface area is 72.2 Å². The molecule has 1 aromatic heterocycles. The number of hydrogen-bond acceptors (Lipinski definition) is 3. The summed E-state index contributed by atoms with van der Waals surface area (Å²) >= 11 is 0. The fourth-order valence-electron chi connectivity index (χ4n) is 1.55. The van der Waals surface area contributed by atoms with Crippen LogP contribution in [0.2, 0.25) is 0 Å². The first kappa shape index (κ1) is 7.77. The van der Waals surface area contributed by atoms with Crippen molar-refractivity contribution in [1.82, 2.24) is 10.2 Å². The van der Waals surface area contributed by atoms with Crippen LogP contribution >= 0.6 is 0 Å². The van der Waals surface area contributed by atoms with Gasteiger partial charge in [-0.05, 0) is 12.3 Å². The Kier molecular flexibility index (Phi) is 2.11. The minimum Gasteiger partial charge on any atom is -0.426 e. The molecule has 1 aliphatic rings. The first-order valence-corrected chi connectivity index (χ1v) is 4.63. The van der Waals surface area contributed by atoms with Gasteiger partial charge in [-0.15, -0.1) is 10.2 Å². The molecular formula is C9H14N2O. The minimum absolute atomic E-state index is 0.679. The lowest BCUT2D eigenvalue weighted by Crippen LogP contribution is -2.11. The van der Waals surface area contributed by atoms with E-state index in [1.807, 2.05) is 6.92 Å². The van der Waals surface area contributed by atoms with Gasteiger partial charge < -0.3 is 4.42 Å². The van der Waals surface area contributed by atoms with E-state index in [-0.39, 0.29) is 0 Å². The second-order valence-corrected chi connectivity index (χ2v) is 3.55. The van der Waals surface area contributed by atoms with Gasteiger partial charge in [-0.25, -0.2) is 0 Å². The molecule has 1 fully saturated rings. The molecule has 3 heteroatoms. The van der Waals surface area contributed by atoms with Gasteiger partial charge in [0.1, 0.15) is 0 Å². The molecule has 0 N–H and O–H groups in total. The second kappa shape index (κ2) is 3.25.